The van der Waals surface area contributed by atoms with E-state index in [0.29, 0.717) is 16.9 Å². The van der Waals surface area contributed by atoms with Crippen LogP contribution in [0.1, 0.15) is 43.1 Å². The number of aromatic nitrogens is 1. The second kappa shape index (κ2) is 6.63. The normalized spacial score (nSPS) is 12.7. The van der Waals surface area contributed by atoms with Crippen LogP contribution >= 0.6 is 0 Å². The van der Waals surface area contributed by atoms with Gasteiger partial charge in [0.1, 0.15) is 11.9 Å². The SMILES string of the molecule is CC(C)Oc1cncc(C(O)c2cccc(C(F)F)c2)c1. The molecule has 0 amide bonds. The van der Waals surface area contributed by atoms with Gasteiger partial charge in [-0.1, -0.05) is 18.2 Å². The Kier molecular flexibility index (Phi) is 4.85. The number of hydrogen-bond donors (Lipinski definition) is 1. The third-order valence-electron chi connectivity index (χ3n) is 2.90. The summed E-state index contributed by atoms with van der Waals surface area (Å²) in [6, 6.07) is 7.39. The molecule has 21 heavy (non-hydrogen) atoms. The van der Waals surface area contributed by atoms with Crippen molar-refractivity contribution in [3.8, 4) is 5.75 Å². The molecule has 5 heteroatoms. The van der Waals surface area contributed by atoms with Crippen molar-refractivity contribution < 1.29 is 18.6 Å². The van der Waals surface area contributed by atoms with Crippen molar-refractivity contribution in [3.05, 3.63) is 59.4 Å². The summed E-state index contributed by atoms with van der Waals surface area (Å²) in [5, 5.41) is 10.3. The number of pyridine rings is 1. The van der Waals surface area contributed by atoms with Crippen LogP contribution in [0.25, 0.3) is 0 Å². The van der Waals surface area contributed by atoms with Crippen molar-refractivity contribution in [2.24, 2.45) is 0 Å². The zero-order chi connectivity index (χ0) is 15.4. The zero-order valence-corrected chi connectivity index (χ0v) is 11.8. The summed E-state index contributed by atoms with van der Waals surface area (Å²) in [5.74, 6) is 0.534. The Morgan fingerprint density at radius 1 is 1.05 bits per heavy atom. The maximum Gasteiger partial charge on any atom is 0.263 e. The lowest BCUT2D eigenvalue weighted by Crippen LogP contribution is -2.07. The van der Waals surface area contributed by atoms with Gasteiger partial charge in [-0.25, -0.2) is 8.78 Å². The lowest BCUT2D eigenvalue weighted by molar-refractivity contribution is 0.150. The minimum atomic E-state index is -2.56. The summed E-state index contributed by atoms with van der Waals surface area (Å²) >= 11 is 0. The molecule has 112 valence electrons. The van der Waals surface area contributed by atoms with Gasteiger partial charge >= 0.3 is 0 Å². The molecule has 1 aromatic heterocycles. The van der Waals surface area contributed by atoms with Crippen molar-refractivity contribution in [3.63, 3.8) is 0 Å². The van der Waals surface area contributed by atoms with Crippen molar-refractivity contribution in [1.82, 2.24) is 4.98 Å². The highest BCUT2D eigenvalue weighted by Gasteiger charge is 2.15. The second-order valence-electron chi connectivity index (χ2n) is 4.99. The van der Waals surface area contributed by atoms with E-state index in [1.807, 2.05) is 13.8 Å². The minimum absolute atomic E-state index is 0.0126. The second-order valence-corrected chi connectivity index (χ2v) is 4.99. The Labute approximate surface area is 122 Å². The van der Waals surface area contributed by atoms with Crippen LogP contribution in [0.5, 0.6) is 5.75 Å². The van der Waals surface area contributed by atoms with E-state index in [2.05, 4.69) is 4.98 Å². The van der Waals surface area contributed by atoms with Crippen LogP contribution in [0.3, 0.4) is 0 Å². The fourth-order valence-corrected chi connectivity index (χ4v) is 1.98. The first kappa shape index (κ1) is 15.4. The van der Waals surface area contributed by atoms with Crippen LogP contribution in [0.2, 0.25) is 0 Å². The molecule has 2 aromatic rings. The van der Waals surface area contributed by atoms with Crippen molar-refractivity contribution in [2.75, 3.05) is 0 Å². The number of halogens is 2. The van der Waals surface area contributed by atoms with E-state index in [-0.39, 0.29) is 11.7 Å². The van der Waals surface area contributed by atoms with Gasteiger partial charge in [0, 0.05) is 17.3 Å². The molecule has 0 fully saturated rings. The summed E-state index contributed by atoms with van der Waals surface area (Å²) in [6.07, 6.45) is -0.558. The maximum absolute atomic E-state index is 12.7. The largest absolute Gasteiger partial charge is 0.489 e. The number of benzene rings is 1. The average molecular weight is 293 g/mol. The first-order chi connectivity index (χ1) is 9.97. The first-order valence-electron chi connectivity index (χ1n) is 6.65. The molecule has 0 aliphatic heterocycles. The predicted molar refractivity (Wildman–Crippen MR) is 75.5 cm³/mol. The van der Waals surface area contributed by atoms with Gasteiger partial charge in [0.15, 0.2) is 0 Å². The summed E-state index contributed by atoms with van der Waals surface area (Å²) in [7, 11) is 0. The smallest absolute Gasteiger partial charge is 0.263 e. The van der Waals surface area contributed by atoms with Gasteiger partial charge in [-0.2, -0.15) is 0 Å². The van der Waals surface area contributed by atoms with E-state index in [1.54, 1.807) is 18.3 Å². The molecule has 0 spiro atoms. The molecular formula is C16H17F2NO2. The third kappa shape index (κ3) is 3.98. The number of alkyl halides is 2. The fourth-order valence-electron chi connectivity index (χ4n) is 1.98. The summed E-state index contributed by atoms with van der Waals surface area (Å²) in [5.41, 5.74) is 0.782. The molecule has 0 saturated carbocycles. The van der Waals surface area contributed by atoms with E-state index >= 15 is 0 Å². The predicted octanol–water partition coefficient (Wildman–Crippen LogP) is 3.89. The number of nitrogens with zero attached hydrogens (tertiary/aromatic N) is 1. The van der Waals surface area contributed by atoms with Crippen LogP contribution < -0.4 is 4.74 Å². The highest BCUT2D eigenvalue weighted by Crippen LogP contribution is 2.27. The van der Waals surface area contributed by atoms with Crippen LogP contribution in [-0.4, -0.2) is 16.2 Å². The van der Waals surface area contributed by atoms with Gasteiger partial charge in [-0.15, -0.1) is 0 Å². The fraction of sp³-hybridized carbons (Fsp3) is 0.312. The molecule has 0 aliphatic rings. The number of ether oxygens (including phenoxy) is 1. The zero-order valence-electron chi connectivity index (χ0n) is 11.8. The Morgan fingerprint density at radius 3 is 2.43 bits per heavy atom. The summed E-state index contributed by atoms with van der Waals surface area (Å²) in [4.78, 5) is 4.01. The highest BCUT2D eigenvalue weighted by atomic mass is 19.3. The number of aliphatic hydroxyl groups excluding tert-OH is 1. The van der Waals surface area contributed by atoms with E-state index in [1.165, 1.54) is 24.4 Å². The summed E-state index contributed by atoms with van der Waals surface area (Å²) < 4.78 is 30.9. The molecule has 0 bridgehead atoms. The number of aliphatic hydroxyl groups is 1. The van der Waals surface area contributed by atoms with Gasteiger partial charge in [-0.05, 0) is 31.5 Å². The van der Waals surface area contributed by atoms with Crippen LogP contribution in [0.15, 0.2) is 42.7 Å². The molecule has 0 aliphatic carbocycles. The standard InChI is InChI=1S/C16H17F2NO2/c1-10(2)21-14-7-13(8-19-9-14)15(20)11-4-3-5-12(6-11)16(17)18/h3-10,15-16,20H,1-2H3. The minimum Gasteiger partial charge on any atom is -0.489 e. The Balaban J connectivity index is 2.27. The Hall–Kier alpha value is -2.01. The molecule has 0 radical (unpaired) electrons. The van der Waals surface area contributed by atoms with Crippen LogP contribution in [0.4, 0.5) is 8.78 Å². The maximum atomic E-state index is 12.7. The molecule has 3 nitrogen and oxygen atoms in total. The van der Waals surface area contributed by atoms with E-state index in [4.69, 9.17) is 4.74 Å². The average Bonchev–Trinajstić information content (AvgIpc) is 2.46. The van der Waals surface area contributed by atoms with E-state index in [0.717, 1.165) is 0 Å². The molecule has 1 N–H and O–H groups in total. The van der Waals surface area contributed by atoms with Gasteiger partial charge < -0.3 is 9.84 Å². The molecule has 1 aromatic carbocycles. The number of hydrogen-bond acceptors (Lipinski definition) is 3. The Morgan fingerprint density at radius 2 is 1.76 bits per heavy atom. The van der Waals surface area contributed by atoms with Gasteiger partial charge in [0.05, 0.1) is 12.3 Å². The topological polar surface area (TPSA) is 42.4 Å². The van der Waals surface area contributed by atoms with E-state index in [9.17, 15) is 13.9 Å². The van der Waals surface area contributed by atoms with Gasteiger partial charge in [0.25, 0.3) is 6.43 Å². The third-order valence-corrected chi connectivity index (χ3v) is 2.90. The first-order valence-corrected chi connectivity index (χ1v) is 6.65. The van der Waals surface area contributed by atoms with Gasteiger partial charge in [-0.3, -0.25) is 4.98 Å². The van der Waals surface area contributed by atoms with Crippen LogP contribution in [-0.2, 0) is 0 Å². The number of rotatable bonds is 5. The van der Waals surface area contributed by atoms with Crippen molar-refractivity contribution in [2.45, 2.75) is 32.5 Å². The molecule has 2 rings (SSSR count). The molecule has 1 unspecified atom stereocenters. The summed E-state index contributed by atoms with van der Waals surface area (Å²) in [6.45, 7) is 3.77. The quantitative estimate of drug-likeness (QED) is 0.909. The molecular weight excluding hydrogens is 276 g/mol. The monoisotopic (exact) mass is 293 g/mol. The highest BCUT2D eigenvalue weighted by molar-refractivity contribution is 5.34. The van der Waals surface area contributed by atoms with Gasteiger partial charge in [0.2, 0.25) is 0 Å². The van der Waals surface area contributed by atoms with E-state index < -0.39 is 12.5 Å². The molecule has 1 atom stereocenters. The van der Waals surface area contributed by atoms with Crippen LogP contribution in [0, 0.1) is 0 Å². The molecule has 0 saturated heterocycles. The lowest BCUT2D eigenvalue weighted by Gasteiger charge is -2.15. The molecule has 1 heterocycles. The van der Waals surface area contributed by atoms with Crippen molar-refractivity contribution >= 4 is 0 Å². The Bertz CT molecular complexity index is 602. The lowest BCUT2D eigenvalue weighted by atomic mass is 10.0. The van der Waals surface area contributed by atoms with Crippen molar-refractivity contribution in [1.29, 1.82) is 0 Å².